The maximum Gasteiger partial charge on any atom is 0.0748 e. The number of nitrogens with zero attached hydrogens (tertiary/aromatic N) is 2. The lowest BCUT2D eigenvalue weighted by Gasteiger charge is -2.05. The summed E-state index contributed by atoms with van der Waals surface area (Å²) in [5.74, 6) is 0.394. The van der Waals surface area contributed by atoms with Crippen LogP contribution in [0.3, 0.4) is 0 Å². The molecule has 4 heteroatoms. The Hall–Kier alpha value is -1.12. The third kappa shape index (κ3) is 2.28. The maximum atomic E-state index is 5.85. The zero-order valence-corrected chi connectivity index (χ0v) is 9.33. The van der Waals surface area contributed by atoms with E-state index < -0.39 is 0 Å². The molecule has 0 atom stereocenters. The van der Waals surface area contributed by atoms with Crippen LogP contribution in [-0.4, -0.2) is 9.97 Å². The second kappa shape index (κ2) is 4.60. The van der Waals surface area contributed by atoms with Gasteiger partial charge in [-0.3, -0.25) is 9.97 Å². The smallest absolute Gasteiger partial charge is 0.0748 e. The Morgan fingerprint density at radius 2 is 1.93 bits per heavy atom. The first-order valence-corrected chi connectivity index (χ1v) is 5.33. The summed E-state index contributed by atoms with van der Waals surface area (Å²) in [4.78, 5) is 8.23. The van der Waals surface area contributed by atoms with Gasteiger partial charge in [0.15, 0.2) is 0 Å². The van der Waals surface area contributed by atoms with E-state index in [2.05, 4.69) is 9.97 Å². The molecule has 0 bridgehead atoms. The molecule has 2 rings (SSSR count). The first-order chi connectivity index (χ1) is 7.31. The normalized spacial score (nSPS) is 10.3. The summed E-state index contributed by atoms with van der Waals surface area (Å²) in [6.45, 7) is 0. The van der Waals surface area contributed by atoms with Crippen molar-refractivity contribution < 1.29 is 0 Å². The van der Waals surface area contributed by atoms with Crippen LogP contribution in [0.15, 0.2) is 36.8 Å². The molecule has 0 N–H and O–H groups in total. The fraction of sp³-hybridized carbons (Fsp3) is 0.0909. The fourth-order valence-corrected chi connectivity index (χ4v) is 1.74. The van der Waals surface area contributed by atoms with E-state index in [0.29, 0.717) is 10.9 Å². The van der Waals surface area contributed by atoms with E-state index >= 15 is 0 Å². The molecule has 0 aliphatic heterocycles. The highest BCUT2D eigenvalue weighted by molar-refractivity contribution is 6.30. The Morgan fingerprint density at radius 3 is 2.60 bits per heavy atom. The Kier molecular flexibility index (Phi) is 3.19. The predicted molar refractivity (Wildman–Crippen MR) is 62.0 cm³/mol. The van der Waals surface area contributed by atoms with Crippen LogP contribution in [0.4, 0.5) is 0 Å². The molecule has 0 unspecified atom stereocenters. The van der Waals surface area contributed by atoms with E-state index in [-0.39, 0.29) is 0 Å². The van der Waals surface area contributed by atoms with Crippen molar-refractivity contribution in [2.45, 2.75) is 5.88 Å². The summed E-state index contributed by atoms with van der Waals surface area (Å²) in [5, 5.41) is 0.600. The van der Waals surface area contributed by atoms with Crippen LogP contribution in [0.2, 0.25) is 5.02 Å². The molecule has 0 radical (unpaired) electrons. The summed E-state index contributed by atoms with van der Waals surface area (Å²) < 4.78 is 0. The molecule has 0 spiro atoms. The molecular weight excluding hydrogens is 231 g/mol. The molecule has 15 heavy (non-hydrogen) atoms. The lowest BCUT2D eigenvalue weighted by molar-refractivity contribution is 1.23. The molecule has 0 aromatic carbocycles. The molecule has 2 aromatic heterocycles. The second-order valence-electron chi connectivity index (χ2n) is 3.03. The minimum absolute atomic E-state index is 0.394. The van der Waals surface area contributed by atoms with E-state index in [1.54, 1.807) is 18.6 Å². The van der Waals surface area contributed by atoms with Crippen molar-refractivity contribution in [2.24, 2.45) is 0 Å². The summed E-state index contributed by atoms with van der Waals surface area (Å²) in [6.07, 6.45) is 5.07. The molecule has 0 aliphatic rings. The van der Waals surface area contributed by atoms with Crippen molar-refractivity contribution in [3.8, 4) is 11.3 Å². The van der Waals surface area contributed by atoms with Crippen LogP contribution in [-0.2, 0) is 5.88 Å². The largest absolute Gasteiger partial charge is 0.265 e. The van der Waals surface area contributed by atoms with Gasteiger partial charge in [0.1, 0.15) is 0 Å². The van der Waals surface area contributed by atoms with Gasteiger partial charge in [-0.15, -0.1) is 11.6 Å². The van der Waals surface area contributed by atoms with Gasteiger partial charge in [0.05, 0.1) is 10.7 Å². The molecule has 2 nitrogen and oxygen atoms in total. The van der Waals surface area contributed by atoms with Crippen molar-refractivity contribution in [1.82, 2.24) is 9.97 Å². The second-order valence-corrected chi connectivity index (χ2v) is 3.73. The minimum Gasteiger partial charge on any atom is -0.265 e. The quantitative estimate of drug-likeness (QED) is 0.749. The molecule has 0 aliphatic carbocycles. The molecule has 76 valence electrons. The van der Waals surface area contributed by atoms with Gasteiger partial charge in [-0.25, -0.2) is 0 Å². The first kappa shape index (κ1) is 10.4. The molecule has 0 saturated heterocycles. The number of hydrogen-bond acceptors (Lipinski definition) is 2. The van der Waals surface area contributed by atoms with Crippen molar-refractivity contribution in [3.63, 3.8) is 0 Å². The van der Waals surface area contributed by atoms with Gasteiger partial charge in [0.25, 0.3) is 0 Å². The Morgan fingerprint density at radius 1 is 1.20 bits per heavy atom. The van der Waals surface area contributed by atoms with Gasteiger partial charge in [-0.1, -0.05) is 11.6 Å². The highest BCUT2D eigenvalue weighted by Crippen LogP contribution is 2.24. The average Bonchev–Trinajstić information content (AvgIpc) is 2.30. The standard InChI is InChI=1S/C11H8Cl2N2/c12-6-9-5-10(13)7-15-11(9)8-1-3-14-4-2-8/h1-5,7H,6H2. The summed E-state index contributed by atoms with van der Waals surface area (Å²) in [7, 11) is 0. The van der Waals surface area contributed by atoms with E-state index in [9.17, 15) is 0 Å². The maximum absolute atomic E-state index is 5.85. The first-order valence-electron chi connectivity index (χ1n) is 4.42. The number of aromatic nitrogens is 2. The number of hydrogen-bond donors (Lipinski definition) is 0. The van der Waals surface area contributed by atoms with Crippen molar-refractivity contribution in [1.29, 1.82) is 0 Å². The topological polar surface area (TPSA) is 25.8 Å². The third-order valence-electron chi connectivity index (χ3n) is 2.03. The monoisotopic (exact) mass is 238 g/mol. The van der Waals surface area contributed by atoms with Crippen molar-refractivity contribution in [2.75, 3.05) is 0 Å². The van der Waals surface area contributed by atoms with Gasteiger partial charge < -0.3 is 0 Å². The van der Waals surface area contributed by atoms with Gasteiger partial charge in [-0.2, -0.15) is 0 Å². The zero-order chi connectivity index (χ0) is 10.7. The van der Waals surface area contributed by atoms with Crippen LogP contribution in [0.5, 0.6) is 0 Å². The van der Waals surface area contributed by atoms with Crippen LogP contribution < -0.4 is 0 Å². The van der Waals surface area contributed by atoms with Crippen molar-refractivity contribution in [3.05, 3.63) is 47.4 Å². The SMILES string of the molecule is ClCc1cc(Cl)cnc1-c1ccncc1. The third-order valence-corrected chi connectivity index (χ3v) is 2.53. The lowest BCUT2D eigenvalue weighted by atomic mass is 10.1. The average molecular weight is 239 g/mol. The lowest BCUT2D eigenvalue weighted by Crippen LogP contribution is -1.90. The van der Waals surface area contributed by atoms with Gasteiger partial charge in [0.2, 0.25) is 0 Å². The molecule has 2 aromatic rings. The molecule has 0 fully saturated rings. The number of alkyl halides is 1. The number of halogens is 2. The zero-order valence-electron chi connectivity index (χ0n) is 7.82. The van der Waals surface area contributed by atoms with Gasteiger partial charge >= 0.3 is 0 Å². The van der Waals surface area contributed by atoms with Crippen LogP contribution in [0, 0.1) is 0 Å². The molecular formula is C11H8Cl2N2. The Labute approximate surface area is 97.9 Å². The predicted octanol–water partition coefficient (Wildman–Crippen LogP) is 3.54. The molecule has 2 heterocycles. The summed E-state index contributed by atoms with van der Waals surface area (Å²) in [6, 6.07) is 5.62. The van der Waals surface area contributed by atoms with Crippen LogP contribution in [0.25, 0.3) is 11.3 Å². The van der Waals surface area contributed by atoms with Crippen molar-refractivity contribution >= 4 is 23.2 Å². The Bertz CT molecular complexity index is 457. The van der Waals surface area contributed by atoms with Crippen LogP contribution >= 0.6 is 23.2 Å². The summed E-state index contributed by atoms with van der Waals surface area (Å²) >= 11 is 11.7. The van der Waals surface area contributed by atoms with Crippen LogP contribution in [0.1, 0.15) is 5.56 Å². The minimum atomic E-state index is 0.394. The van der Waals surface area contributed by atoms with E-state index in [1.807, 2.05) is 18.2 Å². The van der Waals surface area contributed by atoms with E-state index in [0.717, 1.165) is 16.8 Å². The highest BCUT2D eigenvalue weighted by Gasteiger charge is 2.06. The van der Waals surface area contributed by atoms with Gasteiger partial charge in [0, 0.05) is 30.0 Å². The fourth-order valence-electron chi connectivity index (χ4n) is 1.35. The molecule has 0 saturated carbocycles. The van der Waals surface area contributed by atoms with E-state index in [1.165, 1.54) is 0 Å². The molecule has 0 amide bonds. The highest BCUT2D eigenvalue weighted by atomic mass is 35.5. The van der Waals surface area contributed by atoms with Gasteiger partial charge in [-0.05, 0) is 23.8 Å². The number of pyridine rings is 2. The Balaban J connectivity index is 2.53. The number of rotatable bonds is 2. The van der Waals surface area contributed by atoms with E-state index in [4.69, 9.17) is 23.2 Å². The summed E-state index contributed by atoms with van der Waals surface area (Å²) in [5.41, 5.74) is 2.78.